The SMILES string of the molecule is C=CCn1c(=O)c2c(ncn2CC(=O)c2ccc(C)cc2)n(-c2cccc(OC)c2)c1=O. The Kier molecular flexibility index (Phi) is 5.59. The monoisotopic (exact) mass is 430 g/mol. The lowest BCUT2D eigenvalue weighted by Crippen LogP contribution is -2.40. The van der Waals surface area contributed by atoms with E-state index < -0.39 is 11.2 Å². The third-order valence-corrected chi connectivity index (χ3v) is 5.21. The number of rotatable bonds is 7. The van der Waals surface area contributed by atoms with E-state index in [4.69, 9.17) is 4.74 Å². The van der Waals surface area contributed by atoms with Gasteiger partial charge in [0, 0.05) is 18.2 Å². The molecule has 4 aromatic rings. The Hall–Kier alpha value is -4.20. The van der Waals surface area contributed by atoms with Crippen molar-refractivity contribution in [1.29, 1.82) is 0 Å². The Morgan fingerprint density at radius 1 is 1.16 bits per heavy atom. The van der Waals surface area contributed by atoms with Crippen molar-refractivity contribution in [2.45, 2.75) is 20.0 Å². The van der Waals surface area contributed by atoms with Gasteiger partial charge in [-0.05, 0) is 19.1 Å². The highest BCUT2D eigenvalue weighted by atomic mass is 16.5. The Morgan fingerprint density at radius 3 is 2.59 bits per heavy atom. The average molecular weight is 430 g/mol. The second-order valence-corrected chi connectivity index (χ2v) is 7.36. The first-order valence-corrected chi connectivity index (χ1v) is 10.0. The summed E-state index contributed by atoms with van der Waals surface area (Å²) in [6.07, 6.45) is 2.88. The van der Waals surface area contributed by atoms with Gasteiger partial charge in [-0.3, -0.25) is 14.2 Å². The number of allylic oxidation sites excluding steroid dienone is 1. The number of ether oxygens (including phenoxy) is 1. The van der Waals surface area contributed by atoms with E-state index in [1.54, 1.807) is 36.4 Å². The van der Waals surface area contributed by atoms with Crippen molar-refractivity contribution in [3.8, 4) is 11.4 Å². The van der Waals surface area contributed by atoms with Crippen molar-refractivity contribution in [1.82, 2.24) is 18.7 Å². The van der Waals surface area contributed by atoms with Crippen LogP contribution in [0.1, 0.15) is 15.9 Å². The van der Waals surface area contributed by atoms with E-state index in [2.05, 4.69) is 11.6 Å². The fourth-order valence-corrected chi connectivity index (χ4v) is 3.56. The van der Waals surface area contributed by atoms with Crippen molar-refractivity contribution >= 4 is 16.9 Å². The van der Waals surface area contributed by atoms with E-state index in [1.165, 1.54) is 28.6 Å². The maximum atomic E-state index is 13.2. The van der Waals surface area contributed by atoms with Gasteiger partial charge in [-0.15, -0.1) is 6.58 Å². The van der Waals surface area contributed by atoms with Gasteiger partial charge in [0.05, 0.1) is 25.7 Å². The van der Waals surface area contributed by atoms with Crippen LogP contribution < -0.4 is 16.0 Å². The molecule has 0 saturated heterocycles. The van der Waals surface area contributed by atoms with Crippen molar-refractivity contribution < 1.29 is 9.53 Å². The van der Waals surface area contributed by atoms with Crippen LogP contribution in [0.4, 0.5) is 0 Å². The van der Waals surface area contributed by atoms with Gasteiger partial charge in [-0.1, -0.05) is 42.0 Å². The van der Waals surface area contributed by atoms with Crippen molar-refractivity contribution in [2.75, 3.05) is 7.11 Å². The molecular weight excluding hydrogens is 408 g/mol. The number of benzene rings is 2. The molecule has 0 fully saturated rings. The Bertz CT molecular complexity index is 1440. The Morgan fingerprint density at radius 2 is 1.91 bits per heavy atom. The normalized spacial score (nSPS) is 10.9. The number of ketones is 1. The summed E-state index contributed by atoms with van der Waals surface area (Å²) >= 11 is 0. The molecule has 0 amide bonds. The summed E-state index contributed by atoms with van der Waals surface area (Å²) in [7, 11) is 1.53. The number of methoxy groups -OCH3 is 1. The lowest BCUT2D eigenvalue weighted by atomic mass is 10.1. The van der Waals surface area contributed by atoms with E-state index in [9.17, 15) is 14.4 Å². The van der Waals surface area contributed by atoms with Gasteiger partial charge in [0.15, 0.2) is 16.9 Å². The van der Waals surface area contributed by atoms with Crippen LogP contribution in [0.5, 0.6) is 5.75 Å². The van der Waals surface area contributed by atoms with E-state index in [0.29, 0.717) is 17.0 Å². The highest BCUT2D eigenvalue weighted by Crippen LogP contribution is 2.18. The van der Waals surface area contributed by atoms with E-state index in [0.717, 1.165) is 10.1 Å². The summed E-state index contributed by atoms with van der Waals surface area (Å²) in [6, 6.07) is 14.1. The topological polar surface area (TPSA) is 88.1 Å². The largest absolute Gasteiger partial charge is 0.497 e. The maximum Gasteiger partial charge on any atom is 0.337 e. The molecule has 8 nitrogen and oxygen atoms in total. The summed E-state index contributed by atoms with van der Waals surface area (Å²) in [5.74, 6) is 0.385. The highest BCUT2D eigenvalue weighted by Gasteiger charge is 2.20. The summed E-state index contributed by atoms with van der Waals surface area (Å²) in [5.41, 5.74) is 1.32. The molecule has 0 aliphatic heterocycles. The van der Waals surface area contributed by atoms with Crippen molar-refractivity contribution in [2.24, 2.45) is 0 Å². The zero-order valence-corrected chi connectivity index (χ0v) is 17.8. The third kappa shape index (κ3) is 3.66. The molecule has 2 heterocycles. The van der Waals surface area contributed by atoms with Crippen LogP contribution in [-0.2, 0) is 13.1 Å². The fourth-order valence-electron chi connectivity index (χ4n) is 3.56. The van der Waals surface area contributed by atoms with Gasteiger partial charge < -0.3 is 9.30 Å². The molecule has 0 bridgehead atoms. The van der Waals surface area contributed by atoms with E-state index in [1.807, 2.05) is 19.1 Å². The molecule has 162 valence electrons. The van der Waals surface area contributed by atoms with Gasteiger partial charge in [-0.2, -0.15) is 0 Å². The summed E-state index contributed by atoms with van der Waals surface area (Å²) in [4.78, 5) is 43.6. The lowest BCUT2D eigenvalue weighted by molar-refractivity contribution is 0.0973. The number of hydrogen-bond donors (Lipinski definition) is 0. The number of aryl methyl sites for hydroxylation is 1. The molecule has 0 aliphatic rings. The minimum absolute atomic E-state index is 0.0225. The summed E-state index contributed by atoms with van der Waals surface area (Å²) < 4.78 is 9.17. The van der Waals surface area contributed by atoms with Crippen LogP contribution in [0, 0.1) is 6.92 Å². The van der Waals surface area contributed by atoms with Crippen LogP contribution in [0.25, 0.3) is 16.9 Å². The first kappa shape index (κ1) is 21.0. The number of aromatic nitrogens is 4. The molecule has 0 atom stereocenters. The third-order valence-electron chi connectivity index (χ3n) is 5.21. The Balaban J connectivity index is 1.92. The predicted octanol–water partition coefficient (Wildman–Crippen LogP) is 2.73. The number of fused-ring (bicyclic) bond motifs is 1. The average Bonchev–Trinajstić information content (AvgIpc) is 3.20. The molecule has 8 heteroatoms. The number of nitrogens with zero attached hydrogens (tertiary/aromatic N) is 4. The smallest absolute Gasteiger partial charge is 0.337 e. The minimum Gasteiger partial charge on any atom is -0.497 e. The number of carbonyl (C=O) groups is 1. The molecule has 2 aromatic carbocycles. The minimum atomic E-state index is -0.550. The van der Waals surface area contributed by atoms with Gasteiger partial charge in [0.1, 0.15) is 5.75 Å². The zero-order valence-electron chi connectivity index (χ0n) is 17.8. The van der Waals surface area contributed by atoms with Crippen LogP contribution in [0.15, 0.2) is 77.1 Å². The first-order chi connectivity index (χ1) is 15.4. The van der Waals surface area contributed by atoms with Gasteiger partial charge in [0.2, 0.25) is 0 Å². The van der Waals surface area contributed by atoms with Crippen molar-refractivity contribution in [3.63, 3.8) is 0 Å². The van der Waals surface area contributed by atoms with Crippen LogP contribution >= 0.6 is 0 Å². The van der Waals surface area contributed by atoms with Crippen LogP contribution in [-0.4, -0.2) is 31.6 Å². The first-order valence-electron chi connectivity index (χ1n) is 10.0. The molecule has 4 rings (SSSR count). The molecule has 0 unspecified atom stereocenters. The zero-order chi connectivity index (χ0) is 22.8. The summed E-state index contributed by atoms with van der Waals surface area (Å²) in [5, 5.41) is 0. The van der Waals surface area contributed by atoms with Crippen molar-refractivity contribution in [3.05, 3.63) is 99.5 Å². The molecule has 0 radical (unpaired) electrons. The number of imidazole rings is 1. The standard InChI is InChI=1S/C24H22N4O4/c1-4-12-27-23(30)21-22(28(24(27)31)18-6-5-7-19(13-18)32-3)25-15-26(21)14-20(29)17-10-8-16(2)9-11-17/h4-11,13,15H,1,12,14H2,2-3H3. The van der Waals surface area contributed by atoms with E-state index in [-0.39, 0.29) is 30.0 Å². The fraction of sp³-hybridized carbons (Fsp3) is 0.167. The van der Waals surface area contributed by atoms with Gasteiger partial charge >= 0.3 is 5.69 Å². The molecule has 32 heavy (non-hydrogen) atoms. The van der Waals surface area contributed by atoms with Gasteiger partial charge in [0.25, 0.3) is 5.56 Å². The molecule has 0 saturated carbocycles. The number of Topliss-reactive ketones (excluding diaryl/α,β-unsaturated/α-hetero) is 1. The molecule has 0 aliphatic carbocycles. The molecular formula is C24H22N4O4. The van der Waals surface area contributed by atoms with E-state index >= 15 is 0 Å². The lowest BCUT2D eigenvalue weighted by Gasteiger charge is -2.12. The maximum absolute atomic E-state index is 13.2. The predicted molar refractivity (Wildman–Crippen MR) is 122 cm³/mol. The van der Waals surface area contributed by atoms with Crippen LogP contribution in [0.3, 0.4) is 0 Å². The quantitative estimate of drug-likeness (QED) is 0.332. The molecule has 0 spiro atoms. The second kappa shape index (κ2) is 8.50. The number of carbonyl (C=O) groups excluding carboxylic acids is 1. The molecule has 0 N–H and O–H groups in total. The number of hydrogen-bond acceptors (Lipinski definition) is 5. The molecule has 2 aromatic heterocycles. The second-order valence-electron chi connectivity index (χ2n) is 7.36. The van der Waals surface area contributed by atoms with Crippen LogP contribution in [0.2, 0.25) is 0 Å². The summed E-state index contributed by atoms with van der Waals surface area (Å²) in [6.45, 7) is 5.53. The highest BCUT2D eigenvalue weighted by molar-refractivity contribution is 5.96. The Labute approximate surface area is 183 Å². The van der Waals surface area contributed by atoms with Gasteiger partial charge in [-0.25, -0.2) is 14.3 Å².